The van der Waals surface area contributed by atoms with Crippen molar-refractivity contribution in [2.45, 2.75) is 39.3 Å². The van der Waals surface area contributed by atoms with E-state index in [9.17, 15) is 9.59 Å². The molecule has 2 rings (SSSR count). The third-order valence-electron chi connectivity index (χ3n) is 4.42. The molecule has 2 atom stereocenters. The molecule has 0 radical (unpaired) electrons. The Hall–Kier alpha value is -2.40. The highest BCUT2D eigenvalue weighted by Gasteiger charge is 2.24. The Labute approximate surface area is 148 Å². The Balaban J connectivity index is 2.13. The van der Waals surface area contributed by atoms with Gasteiger partial charge < -0.3 is 10.4 Å². The number of nitrogens with one attached hydrogen (secondary N) is 1. The average molecular weight is 342 g/mol. The summed E-state index contributed by atoms with van der Waals surface area (Å²) >= 11 is 0. The van der Waals surface area contributed by atoms with Gasteiger partial charge in [0.2, 0.25) is 5.91 Å². The second-order valence-electron chi connectivity index (χ2n) is 6.34. The molecule has 5 heteroatoms. The molecule has 1 amide bonds. The summed E-state index contributed by atoms with van der Waals surface area (Å²) < 4.78 is 0. The van der Waals surface area contributed by atoms with Gasteiger partial charge in [0.1, 0.15) is 0 Å². The van der Waals surface area contributed by atoms with Crippen LogP contribution in [0.3, 0.4) is 0 Å². The van der Waals surface area contributed by atoms with Gasteiger partial charge in [-0.3, -0.25) is 14.5 Å². The predicted octanol–water partition coefficient (Wildman–Crippen LogP) is 3.20. The highest BCUT2D eigenvalue weighted by Crippen LogP contribution is 2.24. The van der Waals surface area contributed by atoms with Crippen molar-refractivity contribution in [2.24, 2.45) is 0 Å². The van der Waals surface area contributed by atoms with Crippen LogP contribution in [-0.4, -0.2) is 41.0 Å². The van der Waals surface area contributed by atoms with Gasteiger partial charge in [-0.1, -0.05) is 49.4 Å². The van der Waals surface area contributed by atoms with E-state index in [1.165, 1.54) is 0 Å². The first-order valence-corrected chi connectivity index (χ1v) is 8.68. The highest BCUT2D eigenvalue weighted by atomic mass is 16.4. The second kappa shape index (κ2) is 8.62. The minimum atomic E-state index is -0.921. The van der Waals surface area contributed by atoms with Gasteiger partial charge in [-0.2, -0.15) is 0 Å². The number of hydrogen-bond acceptors (Lipinski definition) is 3. The molecule has 0 heterocycles. The maximum absolute atomic E-state index is 12.6. The van der Waals surface area contributed by atoms with Crippen molar-refractivity contribution in [1.82, 2.24) is 10.2 Å². The van der Waals surface area contributed by atoms with Crippen LogP contribution in [-0.2, 0) is 9.59 Å². The predicted molar refractivity (Wildman–Crippen MR) is 99.5 cm³/mol. The Bertz CT molecular complexity index is 739. The number of carboxylic acids is 1. The summed E-state index contributed by atoms with van der Waals surface area (Å²) in [5.41, 5.74) is 1.05. The van der Waals surface area contributed by atoms with E-state index in [2.05, 4.69) is 5.32 Å². The first-order chi connectivity index (χ1) is 11.9. The van der Waals surface area contributed by atoms with Crippen molar-refractivity contribution in [3.05, 3.63) is 48.0 Å². The zero-order valence-corrected chi connectivity index (χ0v) is 15.0. The normalized spacial score (nSPS) is 13.6. The molecule has 0 saturated heterocycles. The molecule has 25 heavy (non-hydrogen) atoms. The maximum Gasteiger partial charge on any atom is 0.317 e. The van der Waals surface area contributed by atoms with Gasteiger partial charge in [0.25, 0.3) is 0 Å². The van der Waals surface area contributed by atoms with E-state index in [1.807, 2.05) is 56.3 Å². The summed E-state index contributed by atoms with van der Waals surface area (Å²) in [6.07, 6.45) is 0.795. The van der Waals surface area contributed by atoms with Crippen molar-refractivity contribution in [3.63, 3.8) is 0 Å². The zero-order chi connectivity index (χ0) is 18.4. The first-order valence-electron chi connectivity index (χ1n) is 8.68. The summed E-state index contributed by atoms with van der Waals surface area (Å²) in [6.45, 7) is 6.12. The van der Waals surface area contributed by atoms with Crippen molar-refractivity contribution in [3.8, 4) is 0 Å². The van der Waals surface area contributed by atoms with Crippen LogP contribution in [0.25, 0.3) is 10.8 Å². The first kappa shape index (κ1) is 18.9. The Morgan fingerprint density at radius 2 is 1.80 bits per heavy atom. The number of amides is 1. The summed E-state index contributed by atoms with van der Waals surface area (Å²) in [6, 6.07) is 13.5. The van der Waals surface area contributed by atoms with Crippen molar-refractivity contribution >= 4 is 22.6 Å². The van der Waals surface area contributed by atoms with E-state index >= 15 is 0 Å². The lowest BCUT2D eigenvalue weighted by Crippen LogP contribution is -2.47. The quantitative estimate of drug-likeness (QED) is 0.773. The van der Waals surface area contributed by atoms with Gasteiger partial charge in [0.15, 0.2) is 0 Å². The standard InChI is InChI=1S/C20H26N2O3/c1-4-12-22(13-19(23)24)15(3)20(25)21-14(2)17-11-7-9-16-8-5-6-10-18(16)17/h5-11,14-15H,4,12-13H2,1-3H3,(H,21,25)(H,23,24). The molecule has 0 aromatic heterocycles. The van der Waals surface area contributed by atoms with Gasteiger partial charge in [0, 0.05) is 0 Å². The van der Waals surface area contributed by atoms with E-state index in [1.54, 1.807) is 11.8 Å². The monoisotopic (exact) mass is 342 g/mol. The summed E-state index contributed by atoms with van der Waals surface area (Å²) in [4.78, 5) is 25.3. The molecule has 134 valence electrons. The molecule has 5 nitrogen and oxygen atoms in total. The molecule has 2 N–H and O–H groups in total. The molecule has 0 saturated carbocycles. The zero-order valence-electron chi connectivity index (χ0n) is 15.0. The maximum atomic E-state index is 12.6. The van der Waals surface area contributed by atoms with E-state index in [0.29, 0.717) is 6.54 Å². The molecule has 0 aliphatic rings. The lowest BCUT2D eigenvalue weighted by Gasteiger charge is -2.27. The van der Waals surface area contributed by atoms with Crippen LogP contribution in [0.2, 0.25) is 0 Å². The van der Waals surface area contributed by atoms with Crippen LogP contribution in [0.1, 0.15) is 38.8 Å². The van der Waals surface area contributed by atoms with E-state index in [-0.39, 0.29) is 18.5 Å². The lowest BCUT2D eigenvalue weighted by molar-refractivity contribution is -0.139. The molecule has 0 aliphatic carbocycles. The van der Waals surface area contributed by atoms with E-state index < -0.39 is 12.0 Å². The van der Waals surface area contributed by atoms with Crippen molar-refractivity contribution < 1.29 is 14.7 Å². The highest BCUT2D eigenvalue weighted by molar-refractivity contribution is 5.87. The summed E-state index contributed by atoms with van der Waals surface area (Å²) in [7, 11) is 0. The molecule has 0 fully saturated rings. The lowest BCUT2D eigenvalue weighted by atomic mass is 9.99. The number of carbonyl (C=O) groups excluding carboxylic acids is 1. The third kappa shape index (κ3) is 4.79. The molecular formula is C20H26N2O3. The number of carboxylic acid groups (broad SMARTS) is 1. The molecule has 0 spiro atoms. The average Bonchev–Trinajstić information content (AvgIpc) is 2.59. The molecular weight excluding hydrogens is 316 g/mol. The van der Waals surface area contributed by atoms with Crippen LogP contribution in [0.4, 0.5) is 0 Å². The van der Waals surface area contributed by atoms with E-state index in [0.717, 1.165) is 22.8 Å². The largest absolute Gasteiger partial charge is 0.480 e. The van der Waals surface area contributed by atoms with Gasteiger partial charge >= 0.3 is 5.97 Å². The van der Waals surface area contributed by atoms with Crippen LogP contribution in [0.15, 0.2) is 42.5 Å². The summed E-state index contributed by atoms with van der Waals surface area (Å²) in [5, 5.41) is 14.3. The van der Waals surface area contributed by atoms with Crippen LogP contribution < -0.4 is 5.32 Å². The molecule has 2 aromatic rings. The number of nitrogens with zero attached hydrogens (tertiary/aromatic N) is 1. The Morgan fingerprint density at radius 1 is 1.12 bits per heavy atom. The molecule has 2 aromatic carbocycles. The fraction of sp³-hybridized carbons (Fsp3) is 0.400. The second-order valence-corrected chi connectivity index (χ2v) is 6.34. The fourth-order valence-electron chi connectivity index (χ4n) is 3.08. The van der Waals surface area contributed by atoms with Crippen LogP contribution in [0, 0.1) is 0 Å². The number of benzene rings is 2. The van der Waals surface area contributed by atoms with Gasteiger partial charge in [-0.15, -0.1) is 0 Å². The van der Waals surface area contributed by atoms with Gasteiger partial charge in [-0.25, -0.2) is 0 Å². The number of rotatable bonds is 8. The summed E-state index contributed by atoms with van der Waals surface area (Å²) in [5.74, 6) is -1.08. The van der Waals surface area contributed by atoms with Crippen LogP contribution in [0.5, 0.6) is 0 Å². The van der Waals surface area contributed by atoms with Crippen molar-refractivity contribution in [2.75, 3.05) is 13.1 Å². The minimum absolute atomic E-state index is 0.134. The Morgan fingerprint density at radius 3 is 2.48 bits per heavy atom. The minimum Gasteiger partial charge on any atom is -0.480 e. The smallest absolute Gasteiger partial charge is 0.317 e. The fourth-order valence-corrected chi connectivity index (χ4v) is 3.08. The molecule has 2 unspecified atom stereocenters. The topological polar surface area (TPSA) is 69.6 Å². The third-order valence-corrected chi connectivity index (χ3v) is 4.42. The Kier molecular flexibility index (Phi) is 6.53. The molecule has 0 bridgehead atoms. The van der Waals surface area contributed by atoms with Crippen molar-refractivity contribution in [1.29, 1.82) is 0 Å². The van der Waals surface area contributed by atoms with Gasteiger partial charge in [0.05, 0.1) is 18.6 Å². The van der Waals surface area contributed by atoms with Gasteiger partial charge in [-0.05, 0) is 43.1 Å². The van der Waals surface area contributed by atoms with E-state index in [4.69, 9.17) is 5.11 Å². The number of fused-ring (bicyclic) bond motifs is 1. The number of carbonyl (C=O) groups is 2. The molecule has 0 aliphatic heterocycles. The number of aliphatic carboxylic acids is 1. The number of hydrogen-bond donors (Lipinski definition) is 2. The van der Waals surface area contributed by atoms with Crippen LogP contribution >= 0.6 is 0 Å². The SMILES string of the molecule is CCCN(CC(=O)O)C(C)C(=O)NC(C)c1cccc2ccccc12.